The molecule has 216 valence electrons. The summed E-state index contributed by atoms with van der Waals surface area (Å²) in [6.45, 7) is 0. The van der Waals surface area contributed by atoms with Crippen molar-refractivity contribution in [2.45, 2.75) is 9.79 Å². The molecule has 43 heavy (non-hydrogen) atoms. The van der Waals surface area contributed by atoms with E-state index in [0.29, 0.717) is 0 Å². The first kappa shape index (κ1) is 33.3. The van der Waals surface area contributed by atoms with Crippen LogP contribution in [0.3, 0.4) is 0 Å². The SMILES string of the molecule is O=S(=O)(O)c1cc(N=Nc2ccc(O)cc2O)ccc1/C=C/c1ccc(N=Nc2ccc(O)cc2O)cc1S(=O)(=O)O.[Na+]. The van der Waals surface area contributed by atoms with Crippen molar-refractivity contribution >= 4 is 55.1 Å². The zero-order valence-corrected chi connectivity index (χ0v) is 25.6. The van der Waals surface area contributed by atoms with Crippen LogP contribution < -0.4 is 29.6 Å². The number of benzene rings is 4. The van der Waals surface area contributed by atoms with E-state index in [4.69, 9.17) is 0 Å². The molecule has 4 aromatic carbocycles. The van der Waals surface area contributed by atoms with Gasteiger partial charge in [0.25, 0.3) is 20.2 Å². The molecule has 14 nitrogen and oxygen atoms in total. The van der Waals surface area contributed by atoms with Gasteiger partial charge in [0.1, 0.15) is 44.2 Å². The Morgan fingerprint density at radius 1 is 0.512 bits per heavy atom. The van der Waals surface area contributed by atoms with Crippen LogP contribution in [0.25, 0.3) is 12.2 Å². The summed E-state index contributed by atoms with van der Waals surface area (Å²) in [5.74, 6) is -1.17. The third-order valence-corrected chi connectivity index (χ3v) is 7.28. The summed E-state index contributed by atoms with van der Waals surface area (Å²) in [6, 6.07) is 14.3. The van der Waals surface area contributed by atoms with Crippen molar-refractivity contribution in [1.29, 1.82) is 0 Å². The van der Waals surface area contributed by atoms with Crippen molar-refractivity contribution < 1.29 is 75.9 Å². The summed E-state index contributed by atoms with van der Waals surface area (Å²) < 4.78 is 67.8. The molecule has 4 aromatic rings. The smallest absolute Gasteiger partial charge is 0.508 e. The summed E-state index contributed by atoms with van der Waals surface area (Å²) in [6.07, 6.45) is 2.35. The molecule has 0 aliphatic carbocycles. The maximum Gasteiger partial charge on any atom is 1.00 e. The fourth-order valence-corrected chi connectivity index (χ4v) is 4.90. The predicted molar refractivity (Wildman–Crippen MR) is 149 cm³/mol. The molecule has 0 saturated carbocycles. The van der Waals surface area contributed by atoms with Crippen molar-refractivity contribution in [3.8, 4) is 23.0 Å². The first-order valence-electron chi connectivity index (χ1n) is 11.5. The molecule has 0 aliphatic rings. The van der Waals surface area contributed by atoms with Crippen molar-refractivity contribution in [2.75, 3.05) is 0 Å². The molecule has 6 N–H and O–H groups in total. The summed E-state index contributed by atoms with van der Waals surface area (Å²) >= 11 is 0. The second-order valence-corrected chi connectivity index (χ2v) is 11.3. The van der Waals surface area contributed by atoms with Crippen molar-refractivity contribution in [2.24, 2.45) is 20.5 Å². The van der Waals surface area contributed by atoms with Gasteiger partial charge >= 0.3 is 29.6 Å². The van der Waals surface area contributed by atoms with Gasteiger partial charge in [0.15, 0.2) is 0 Å². The molecule has 0 atom stereocenters. The number of aromatic hydroxyl groups is 4. The Hall–Kier alpha value is -4.16. The molecule has 0 unspecified atom stereocenters. The van der Waals surface area contributed by atoms with E-state index >= 15 is 0 Å². The largest absolute Gasteiger partial charge is 1.00 e. The van der Waals surface area contributed by atoms with Crippen LogP contribution in [0.2, 0.25) is 0 Å². The zero-order chi connectivity index (χ0) is 30.7. The fraction of sp³-hybridized carbons (Fsp3) is 0. The average molecular weight is 636 g/mol. The van der Waals surface area contributed by atoms with E-state index in [1.165, 1.54) is 60.7 Å². The van der Waals surface area contributed by atoms with Crippen molar-refractivity contribution in [3.05, 3.63) is 83.9 Å². The molecular weight excluding hydrogens is 615 g/mol. The van der Waals surface area contributed by atoms with Gasteiger partial charge in [-0.15, -0.1) is 10.2 Å². The second kappa shape index (κ2) is 13.4. The molecule has 0 aliphatic heterocycles. The van der Waals surface area contributed by atoms with Crippen molar-refractivity contribution in [1.82, 2.24) is 0 Å². The van der Waals surface area contributed by atoms with Gasteiger partial charge in [-0.3, -0.25) is 9.11 Å². The van der Waals surface area contributed by atoms with E-state index in [1.54, 1.807) is 0 Å². The second-order valence-electron chi connectivity index (χ2n) is 8.47. The van der Waals surface area contributed by atoms with Crippen LogP contribution >= 0.6 is 0 Å². The van der Waals surface area contributed by atoms with Crippen LogP contribution in [0.4, 0.5) is 22.7 Å². The maximum absolute atomic E-state index is 12.1. The van der Waals surface area contributed by atoms with Crippen LogP contribution in [-0.2, 0) is 20.2 Å². The molecule has 0 saturated heterocycles. The molecule has 0 heterocycles. The maximum atomic E-state index is 12.1. The number of hydrogen-bond acceptors (Lipinski definition) is 12. The van der Waals surface area contributed by atoms with Gasteiger partial charge in [0.05, 0.1) is 11.4 Å². The minimum absolute atomic E-state index is 0. The van der Waals surface area contributed by atoms with E-state index in [-0.39, 0.29) is 86.4 Å². The van der Waals surface area contributed by atoms with E-state index < -0.39 is 30.0 Å². The fourth-order valence-electron chi connectivity index (χ4n) is 3.49. The zero-order valence-electron chi connectivity index (χ0n) is 22.0. The Balaban J connectivity index is 0.00000506. The van der Waals surface area contributed by atoms with Crippen LogP contribution in [-0.4, -0.2) is 46.4 Å². The van der Waals surface area contributed by atoms with Crippen LogP contribution in [0.1, 0.15) is 11.1 Å². The molecule has 0 spiro atoms. The molecule has 0 amide bonds. The van der Waals surface area contributed by atoms with Crippen LogP contribution in [0.15, 0.2) is 103 Å². The Bertz CT molecular complexity index is 1850. The normalized spacial score (nSPS) is 12.2. The van der Waals surface area contributed by atoms with Crippen LogP contribution in [0.5, 0.6) is 23.0 Å². The number of nitrogens with zero attached hydrogens (tertiary/aromatic N) is 4. The molecule has 0 aromatic heterocycles. The van der Waals surface area contributed by atoms with E-state index in [1.807, 2.05) is 0 Å². The quantitative estimate of drug-likeness (QED) is 0.0716. The first-order valence-corrected chi connectivity index (χ1v) is 14.4. The topological polar surface area (TPSA) is 239 Å². The molecule has 0 radical (unpaired) electrons. The number of hydrogen-bond donors (Lipinski definition) is 6. The Morgan fingerprint density at radius 2 is 0.884 bits per heavy atom. The standard InChI is InChI=1S/C26H20N4O10S2.Na/c31-19-7-9-21(23(33)13-19)29-27-17-5-3-15(25(11-17)41(35,36)37)1-2-16-4-6-18(12-26(16)42(38,39)40)28-30-22-10-8-20(32)14-24(22)34;/h1-14,31-34H,(H,35,36,37)(H,38,39,40);/q;+1/b2-1+,29-27?,30-28?;. The number of azo groups is 2. The van der Waals surface area contributed by atoms with E-state index in [9.17, 15) is 46.4 Å². The predicted octanol–water partition coefficient (Wildman–Crippen LogP) is 3.01. The van der Waals surface area contributed by atoms with E-state index in [0.717, 1.165) is 24.3 Å². The van der Waals surface area contributed by atoms with E-state index in [2.05, 4.69) is 20.5 Å². The van der Waals surface area contributed by atoms with Gasteiger partial charge in [0, 0.05) is 12.1 Å². The summed E-state index contributed by atoms with van der Waals surface area (Å²) in [4.78, 5) is -1.20. The van der Waals surface area contributed by atoms with Crippen molar-refractivity contribution in [3.63, 3.8) is 0 Å². The third-order valence-electron chi connectivity index (χ3n) is 5.46. The molecule has 0 fully saturated rings. The van der Waals surface area contributed by atoms with Gasteiger partial charge < -0.3 is 20.4 Å². The number of phenolic OH excluding ortho intramolecular Hbond substituents is 4. The summed E-state index contributed by atoms with van der Waals surface area (Å²) in [5.41, 5.74) is -0.245. The molecular formula is C26H20N4NaO10S2+. The average Bonchev–Trinajstić information content (AvgIpc) is 2.90. The Kier molecular flexibility index (Phi) is 10.4. The summed E-state index contributed by atoms with van der Waals surface area (Å²) in [7, 11) is -9.62. The monoisotopic (exact) mass is 635 g/mol. The number of phenols is 4. The van der Waals surface area contributed by atoms with Gasteiger partial charge in [-0.25, -0.2) is 0 Å². The molecule has 4 rings (SSSR count). The third kappa shape index (κ3) is 8.68. The Morgan fingerprint density at radius 3 is 1.21 bits per heavy atom. The van der Waals surface area contributed by atoms with Crippen LogP contribution in [0, 0.1) is 0 Å². The minimum atomic E-state index is -4.81. The Labute approximate surface area is 266 Å². The van der Waals surface area contributed by atoms with Gasteiger partial charge in [-0.2, -0.15) is 27.1 Å². The number of rotatable bonds is 8. The molecule has 17 heteroatoms. The molecule has 0 bridgehead atoms. The van der Waals surface area contributed by atoms with Gasteiger partial charge in [0.2, 0.25) is 0 Å². The van der Waals surface area contributed by atoms with Gasteiger partial charge in [-0.05, 0) is 59.7 Å². The summed E-state index contributed by atoms with van der Waals surface area (Å²) in [5, 5.41) is 53.6. The van der Waals surface area contributed by atoms with Gasteiger partial charge in [-0.1, -0.05) is 24.3 Å². The first-order chi connectivity index (χ1) is 19.7. The minimum Gasteiger partial charge on any atom is -0.508 e.